The Kier molecular flexibility index (Phi) is 3.31. The maximum Gasteiger partial charge on any atom is 0.250 e. The molecule has 2 heterocycles. The van der Waals surface area contributed by atoms with E-state index in [1.165, 1.54) is 19.4 Å². The molecular formula is C15H20N6. The minimum absolute atomic E-state index is 0.854. The Morgan fingerprint density at radius 3 is 2.48 bits per heavy atom. The summed E-state index contributed by atoms with van der Waals surface area (Å²) in [6.45, 7) is 5.49. The third-order valence-corrected chi connectivity index (χ3v) is 4.32. The van der Waals surface area contributed by atoms with E-state index in [4.69, 9.17) is 0 Å². The topological polar surface area (TPSA) is 50.1 Å². The molecule has 110 valence electrons. The second-order valence-corrected chi connectivity index (χ2v) is 5.96. The number of aromatic nitrogens is 4. The molecular weight excluding hydrogens is 264 g/mol. The quantitative estimate of drug-likeness (QED) is 0.844. The molecule has 2 fully saturated rings. The summed E-state index contributed by atoms with van der Waals surface area (Å²) in [4.78, 5) is 4.86. The second-order valence-electron chi connectivity index (χ2n) is 5.96. The minimum Gasteiger partial charge on any atom is -0.337 e. The lowest BCUT2D eigenvalue weighted by molar-refractivity contribution is 0.246. The molecule has 0 amide bonds. The van der Waals surface area contributed by atoms with Crippen LogP contribution >= 0.6 is 0 Å². The molecule has 0 atom stereocenters. The van der Waals surface area contributed by atoms with E-state index in [0.717, 1.165) is 43.7 Å². The monoisotopic (exact) mass is 284 g/mol. The first-order valence-electron chi connectivity index (χ1n) is 7.71. The smallest absolute Gasteiger partial charge is 0.250 e. The summed E-state index contributed by atoms with van der Waals surface area (Å²) in [5.41, 5.74) is 1.01. The molecule has 6 heteroatoms. The number of benzene rings is 1. The van der Waals surface area contributed by atoms with Crippen LogP contribution in [0.15, 0.2) is 30.3 Å². The van der Waals surface area contributed by atoms with Crippen LogP contribution in [0, 0.1) is 5.92 Å². The summed E-state index contributed by atoms with van der Waals surface area (Å²) in [5, 5.41) is 12.2. The zero-order valence-corrected chi connectivity index (χ0v) is 12.1. The van der Waals surface area contributed by atoms with E-state index in [1.54, 1.807) is 0 Å². The highest BCUT2D eigenvalue weighted by Crippen LogP contribution is 2.30. The van der Waals surface area contributed by atoms with Crippen molar-refractivity contribution in [1.29, 1.82) is 0 Å². The molecule has 0 N–H and O–H groups in total. The summed E-state index contributed by atoms with van der Waals surface area (Å²) in [6.07, 6.45) is 2.85. The lowest BCUT2D eigenvalue weighted by atomic mass is 10.3. The number of tetrazole rings is 1. The van der Waals surface area contributed by atoms with Crippen molar-refractivity contribution in [3.05, 3.63) is 30.3 Å². The van der Waals surface area contributed by atoms with Crippen LogP contribution in [0.4, 0.5) is 5.95 Å². The highest BCUT2D eigenvalue weighted by molar-refractivity contribution is 5.40. The molecule has 1 aliphatic heterocycles. The van der Waals surface area contributed by atoms with E-state index in [9.17, 15) is 0 Å². The Hall–Kier alpha value is -1.95. The number of para-hydroxylation sites is 1. The molecule has 6 nitrogen and oxygen atoms in total. The molecule has 2 aromatic rings. The van der Waals surface area contributed by atoms with Gasteiger partial charge in [0.25, 0.3) is 0 Å². The largest absolute Gasteiger partial charge is 0.337 e. The Balaban J connectivity index is 1.46. The molecule has 0 bridgehead atoms. The number of hydrogen-bond donors (Lipinski definition) is 0. The summed E-state index contributed by atoms with van der Waals surface area (Å²) < 4.78 is 1.83. The van der Waals surface area contributed by atoms with E-state index in [2.05, 4.69) is 25.3 Å². The fraction of sp³-hybridized carbons (Fsp3) is 0.533. The van der Waals surface area contributed by atoms with Gasteiger partial charge in [0.05, 0.1) is 5.69 Å². The van der Waals surface area contributed by atoms with Crippen LogP contribution in [-0.2, 0) is 0 Å². The lowest BCUT2D eigenvalue weighted by Gasteiger charge is -2.34. The van der Waals surface area contributed by atoms with Crippen molar-refractivity contribution in [2.24, 2.45) is 5.92 Å². The Morgan fingerprint density at radius 2 is 1.76 bits per heavy atom. The van der Waals surface area contributed by atoms with E-state index < -0.39 is 0 Å². The maximum atomic E-state index is 4.22. The van der Waals surface area contributed by atoms with E-state index in [0.29, 0.717) is 0 Å². The number of anilines is 1. The molecule has 1 aromatic heterocycles. The summed E-state index contributed by atoms with van der Waals surface area (Å²) in [7, 11) is 0. The highest BCUT2D eigenvalue weighted by Gasteiger charge is 2.27. The van der Waals surface area contributed by atoms with E-state index >= 15 is 0 Å². The average Bonchev–Trinajstić information content (AvgIpc) is 3.22. The molecule has 1 saturated carbocycles. The van der Waals surface area contributed by atoms with Crippen LogP contribution in [0.25, 0.3) is 5.69 Å². The van der Waals surface area contributed by atoms with Crippen molar-refractivity contribution in [1.82, 2.24) is 25.1 Å². The molecule has 0 radical (unpaired) electrons. The number of hydrogen-bond acceptors (Lipinski definition) is 5. The lowest BCUT2D eigenvalue weighted by Crippen LogP contribution is -2.47. The van der Waals surface area contributed by atoms with Crippen molar-refractivity contribution in [3.8, 4) is 5.69 Å². The summed E-state index contributed by atoms with van der Waals surface area (Å²) in [5.74, 6) is 1.82. The second kappa shape index (κ2) is 5.44. The van der Waals surface area contributed by atoms with Crippen LogP contribution in [0.1, 0.15) is 12.8 Å². The van der Waals surface area contributed by atoms with Gasteiger partial charge in [-0.3, -0.25) is 4.90 Å². The van der Waals surface area contributed by atoms with Gasteiger partial charge in [-0.2, -0.15) is 4.68 Å². The standard InChI is InChI=1S/C15H20N6/c1-2-4-14(5-3-1)21-15(16-17-18-21)20-10-8-19(9-11-20)12-13-6-7-13/h1-5,13H,6-12H2. The molecule has 1 aromatic carbocycles. The normalized spacial score (nSPS) is 19.9. The van der Waals surface area contributed by atoms with Gasteiger partial charge in [0.15, 0.2) is 0 Å². The molecule has 4 rings (SSSR count). The Morgan fingerprint density at radius 1 is 1.00 bits per heavy atom. The highest BCUT2D eigenvalue weighted by atomic mass is 15.6. The zero-order valence-electron chi connectivity index (χ0n) is 12.1. The maximum absolute atomic E-state index is 4.22. The number of nitrogens with zero attached hydrogens (tertiary/aromatic N) is 6. The van der Waals surface area contributed by atoms with Crippen LogP contribution in [-0.4, -0.2) is 57.8 Å². The Labute approximate surface area is 124 Å². The Bertz CT molecular complexity index is 583. The molecule has 1 saturated heterocycles. The van der Waals surface area contributed by atoms with Crippen molar-refractivity contribution in [2.75, 3.05) is 37.6 Å². The van der Waals surface area contributed by atoms with Crippen LogP contribution in [0.5, 0.6) is 0 Å². The van der Waals surface area contributed by atoms with Gasteiger partial charge in [-0.25, -0.2) is 0 Å². The number of rotatable bonds is 4. The molecule has 1 aliphatic carbocycles. The molecule has 0 spiro atoms. The fourth-order valence-electron chi connectivity index (χ4n) is 2.91. The van der Waals surface area contributed by atoms with Crippen LogP contribution < -0.4 is 4.90 Å². The summed E-state index contributed by atoms with van der Waals surface area (Å²) in [6, 6.07) is 10.1. The molecule has 0 unspecified atom stereocenters. The average molecular weight is 284 g/mol. The van der Waals surface area contributed by atoms with Crippen molar-refractivity contribution < 1.29 is 0 Å². The van der Waals surface area contributed by atoms with Crippen molar-refractivity contribution in [3.63, 3.8) is 0 Å². The van der Waals surface area contributed by atoms with Gasteiger partial charge in [0, 0.05) is 32.7 Å². The predicted molar refractivity (Wildman–Crippen MR) is 80.5 cm³/mol. The first-order chi connectivity index (χ1) is 10.4. The van der Waals surface area contributed by atoms with Gasteiger partial charge in [-0.05, 0) is 41.3 Å². The van der Waals surface area contributed by atoms with Gasteiger partial charge < -0.3 is 4.90 Å². The first-order valence-corrected chi connectivity index (χ1v) is 7.71. The number of piperazine rings is 1. The zero-order chi connectivity index (χ0) is 14.1. The van der Waals surface area contributed by atoms with E-state index in [-0.39, 0.29) is 0 Å². The predicted octanol–water partition coefficient (Wildman–Crippen LogP) is 1.19. The van der Waals surface area contributed by atoms with Crippen LogP contribution in [0.2, 0.25) is 0 Å². The fourth-order valence-corrected chi connectivity index (χ4v) is 2.91. The molecule has 2 aliphatic rings. The minimum atomic E-state index is 0.854. The van der Waals surface area contributed by atoms with Gasteiger partial charge in [-0.15, -0.1) is 0 Å². The van der Waals surface area contributed by atoms with Gasteiger partial charge in [0.2, 0.25) is 5.95 Å². The first kappa shape index (κ1) is 12.8. The van der Waals surface area contributed by atoms with Gasteiger partial charge >= 0.3 is 0 Å². The summed E-state index contributed by atoms with van der Waals surface area (Å²) >= 11 is 0. The van der Waals surface area contributed by atoms with Gasteiger partial charge in [0.1, 0.15) is 0 Å². The van der Waals surface area contributed by atoms with Crippen molar-refractivity contribution in [2.45, 2.75) is 12.8 Å². The van der Waals surface area contributed by atoms with E-state index in [1.807, 2.05) is 35.0 Å². The van der Waals surface area contributed by atoms with Gasteiger partial charge in [-0.1, -0.05) is 23.3 Å². The van der Waals surface area contributed by atoms with Crippen molar-refractivity contribution >= 4 is 5.95 Å². The third-order valence-electron chi connectivity index (χ3n) is 4.32. The molecule has 21 heavy (non-hydrogen) atoms. The third kappa shape index (κ3) is 2.76. The van der Waals surface area contributed by atoms with Crippen LogP contribution in [0.3, 0.4) is 0 Å². The SMILES string of the molecule is c1ccc(-n2nnnc2N2CCN(CC3CC3)CC2)cc1.